The number of carboxylic acid groups (broad SMARTS) is 1. The average Bonchev–Trinajstić information content (AvgIpc) is 3.04. The molecule has 2 aromatic rings. The van der Waals surface area contributed by atoms with Crippen molar-refractivity contribution >= 4 is 52.2 Å². The molecule has 110 valence electrons. The van der Waals surface area contributed by atoms with Gasteiger partial charge in [0.05, 0.1) is 15.3 Å². The van der Waals surface area contributed by atoms with E-state index in [2.05, 4.69) is 5.32 Å². The van der Waals surface area contributed by atoms with Gasteiger partial charge < -0.3 is 10.4 Å². The second-order valence-electron chi connectivity index (χ2n) is 4.21. The fourth-order valence-corrected chi connectivity index (χ4v) is 3.54. The number of aliphatic carboxylic acids is 1. The number of thiophene rings is 2. The molecule has 1 amide bonds. The Morgan fingerprint density at radius 1 is 1.38 bits per heavy atom. The minimum atomic E-state index is -1.05. The first-order valence-corrected chi connectivity index (χ1v) is 8.09. The van der Waals surface area contributed by atoms with Gasteiger partial charge in [0.25, 0.3) is 5.91 Å². The van der Waals surface area contributed by atoms with E-state index in [1.165, 1.54) is 28.7 Å². The van der Waals surface area contributed by atoms with Crippen molar-refractivity contribution in [2.45, 2.75) is 13.0 Å². The van der Waals surface area contributed by atoms with E-state index in [1.54, 1.807) is 17.5 Å². The summed E-state index contributed by atoms with van der Waals surface area (Å²) in [4.78, 5) is 24.3. The van der Waals surface area contributed by atoms with Crippen molar-refractivity contribution < 1.29 is 14.7 Å². The first kappa shape index (κ1) is 15.8. The van der Waals surface area contributed by atoms with Gasteiger partial charge in [0.1, 0.15) is 0 Å². The third kappa shape index (κ3) is 4.17. The van der Waals surface area contributed by atoms with E-state index in [9.17, 15) is 9.59 Å². The number of carbonyl (C=O) groups is 2. The van der Waals surface area contributed by atoms with Gasteiger partial charge in [-0.25, -0.2) is 4.79 Å². The van der Waals surface area contributed by atoms with Crippen molar-refractivity contribution in [1.29, 1.82) is 0 Å². The van der Waals surface area contributed by atoms with Crippen LogP contribution in [0.3, 0.4) is 0 Å². The van der Waals surface area contributed by atoms with Crippen molar-refractivity contribution in [3.63, 3.8) is 0 Å². The number of rotatable bonds is 5. The standard InChI is InChI=1S/C14H12ClNO3S2/c1-8(10-3-4-11(15)21-10)16-14(19)13-9(6-7-20-13)2-5-12(17)18/h2-8H,1H3,(H,16,19)(H,17,18). The zero-order chi connectivity index (χ0) is 15.4. The maximum Gasteiger partial charge on any atom is 0.328 e. The highest BCUT2D eigenvalue weighted by Crippen LogP contribution is 2.27. The van der Waals surface area contributed by atoms with Crippen LogP contribution in [0, 0.1) is 0 Å². The van der Waals surface area contributed by atoms with E-state index in [0.29, 0.717) is 14.8 Å². The molecule has 4 nitrogen and oxygen atoms in total. The minimum absolute atomic E-state index is 0.159. The summed E-state index contributed by atoms with van der Waals surface area (Å²) in [7, 11) is 0. The number of nitrogens with one attached hydrogen (secondary N) is 1. The Kier molecular flexibility index (Phi) is 5.17. The van der Waals surface area contributed by atoms with Gasteiger partial charge in [-0.1, -0.05) is 11.6 Å². The summed E-state index contributed by atoms with van der Waals surface area (Å²) in [5.74, 6) is -1.28. The van der Waals surface area contributed by atoms with Crippen LogP contribution in [0.15, 0.2) is 29.7 Å². The smallest absolute Gasteiger partial charge is 0.328 e. The van der Waals surface area contributed by atoms with Crippen molar-refractivity contribution in [1.82, 2.24) is 5.32 Å². The zero-order valence-electron chi connectivity index (χ0n) is 11.0. The van der Waals surface area contributed by atoms with Crippen LogP contribution in [-0.4, -0.2) is 17.0 Å². The SMILES string of the molecule is CC(NC(=O)c1sccc1C=CC(=O)O)c1ccc(Cl)s1. The van der Waals surface area contributed by atoms with Crippen molar-refractivity contribution in [3.05, 3.63) is 49.3 Å². The molecule has 1 atom stereocenters. The summed E-state index contributed by atoms with van der Waals surface area (Å²) >= 11 is 8.57. The molecule has 0 aliphatic rings. The van der Waals surface area contributed by atoms with E-state index >= 15 is 0 Å². The van der Waals surface area contributed by atoms with Gasteiger partial charge >= 0.3 is 5.97 Å². The molecule has 0 aliphatic carbocycles. The molecule has 2 heterocycles. The topological polar surface area (TPSA) is 66.4 Å². The molecular weight excluding hydrogens is 330 g/mol. The zero-order valence-corrected chi connectivity index (χ0v) is 13.4. The van der Waals surface area contributed by atoms with E-state index < -0.39 is 5.97 Å². The number of hydrogen-bond donors (Lipinski definition) is 2. The van der Waals surface area contributed by atoms with Crippen LogP contribution in [0.5, 0.6) is 0 Å². The van der Waals surface area contributed by atoms with E-state index in [0.717, 1.165) is 11.0 Å². The first-order valence-electron chi connectivity index (χ1n) is 6.02. The lowest BCUT2D eigenvalue weighted by Gasteiger charge is -2.11. The van der Waals surface area contributed by atoms with Gasteiger partial charge in [-0.3, -0.25) is 4.79 Å². The fourth-order valence-electron chi connectivity index (χ4n) is 1.69. The van der Waals surface area contributed by atoms with Crippen LogP contribution in [-0.2, 0) is 4.79 Å². The lowest BCUT2D eigenvalue weighted by molar-refractivity contribution is -0.131. The highest BCUT2D eigenvalue weighted by atomic mass is 35.5. The Morgan fingerprint density at radius 2 is 2.14 bits per heavy atom. The molecule has 0 saturated carbocycles. The lowest BCUT2D eigenvalue weighted by atomic mass is 10.2. The molecule has 2 rings (SSSR count). The first-order chi connectivity index (χ1) is 9.97. The number of halogens is 1. The Labute approximate surface area is 134 Å². The summed E-state index contributed by atoms with van der Waals surface area (Å²) in [5.41, 5.74) is 0.594. The van der Waals surface area contributed by atoms with Gasteiger partial charge in [-0.05, 0) is 42.1 Å². The molecular formula is C14H12ClNO3S2. The molecule has 2 N–H and O–H groups in total. The van der Waals surface area contributed by atoms with Crippen LogP contribution >= 0.6 is 34.3 Å². The van der Waals surface area contributed by atoms with Gasteiger partial charge in [0, 0.05) is 11.0 Å². The van der Waals surface area contributed by atoms with Crippen LogP contribution in [0.25, 0.3) is 6.08 Å². The third-order valence-electron chi connectivity index (χ3n) is 2.68. The minimum Gasteiger partial charge on any atom is -0.478 e. The molecule has 1 unspecified atom stereocenters. The second-order valence-corrected chi connectivity index (χ2v) is 6.88. The van der Waals surface area contributed by atoms with Crippen LogP contribution < -0.4 is 5.32 Å². The monoisotopic (exact) mass is 341 g/mol. The predicted molar refractivity (Wildman–Crippen MR) is 86.2 cm³/mol. The molecule has 7 heteroatoms. The maximum atomic E-state index is 12.3. The average molecular weight is 342 g/mol. The van der Waals surface area contributed by atoms with Gasteiger partial charge in [0.2, 0.25) is 0 Å². The second kappa shape index (κ2) is 6.89. The van der Waals surface area contributed by atoms with Crippen molar-refractivity contribution in [3.8, 4) is 0 Å². The highest BCUT2D eigenvalue weighted by Gasteiger charge is 2.16. The number of carboxylic acids is 1. The quantitative estimate of drug-likeness (QED) is 0.806. The van der Waals surface area contributed by atoms with E-state index in [-0.39, 0.29) is 11.9 Å². The van der Waals surface area contributed by atoms with Crippen LogP contribution in [0.2, 0.25) is 4.34 Å². The summed E-state index contributed by atoms with van der Waals surface area (Å²) < 4.78 is 0.673. The Balaban J connectivity index is 2.10. The van der Waals surface area contributed by atoms with Gasteiger partial charge in [-0.2, -0.15) is 0 Å². The van der Waals surface area contributed by atoms with Gasteiger partial charge in [0.15, 0.2) is 0 Å². The Bertz CT molecular complexity index is 690. The molecule has 0 fully saturated rings. The predicted octanol–water partition coefficient (Wildman–Crippen LogP) is 4.05. The molecule has 0 radical (unpaired) electrons. The maximum absolute atomic E-state index is 12.3. The summed E-state index contributed by atoms with van der Waals surface area (Å²) in [5, 5.41) is 13.3. The third-order valence-corrected chi connectivity index (χ3v) is 5.02. The largest absolute Gasteiger partial charge is 0.478 e. The number of amides is 1. The molecule has 0 saturated heterocycles. The molecule has 0 aromatic carbocycles. The van der Waals surface area contributed by atoms with Crippen molar-refractivity contribution in [2.24, 2.45) is 0 Å². The molecule has 21 heavy (non-hydrogen) atoms. The Hall–Kier alpha value is -1.63. The fraction of sp³-hybridized carbons (Fsp3) is 0.143. The number of hydrogen-bond acceptors (Lipinski definition) is 4. The van der Waals surface area contributed by atoms with Crippen LogP contribution in [0.4, 0.5) is 0 Å². The normalized spacial score (nSPS) is 12.5. The molecule has 2 aromatic heterocycles. The summed E-state index contributed by atoms with van der Waals surface area (Å²) in [6, 6.07) is 5.22. The van der Waals surface area contributed by atoms with Gasteiger partial charge in [-0.15, -0.1) is 22.7 Å². The summed E-state index contributed by atoms with van der Waals surface area (Å²) in [6.07, 6.45) is 2.43. The summed E-state index contributed by atoms with van der Waals surface area (Å²) in [6.45, 7) is 1.88. The molecule has 0 bridgehead atoms. The molecule has 0 spiro atoms. The lowest BCUT2D eigenvalue weighted by Crippen LogP contribution is -2.25. The molecule has 0 aliphatic heterocycles. The van der Waals surface area contributed by atoms with Crippen molar-refractivity contribution in [2.75, 3.05) is 0 Å². The highest BCUT2D eigenvalue weighted by molar-refractivity contribution is 7.16. The van der Waals surface area contributed by atoms with E-state index in [4.69, 9.17) is 16.7 Å². The van der Waals surface area contributed by atoms with E-state index in [1.807, 2.05) is 13.0 Å². The number of carbonyl (C=O) groups excluding carboxylic acids is 1. The Morgan fingerprint density at radius 3 is 2.76 bits per heavy atom. The van der Waals surface area contributed by atoms with Crippen LogP contribution in [0.1, 0.15) is 33.1 Å².